The van der Waals surface area contributed by atoms with Gasteiger partial charge in [0.15, 0.2) is 0 Å². The van der Waals surface area contributed by atoms with E-state index in [0.717, 1.165) is 56.8 Å². The molecule has 0 aliphatic carbocycles. The highest BCUT2D eigenvalue weighted by molar-refractivity contribution is 5.96. The fraction of sp³-hybridized carbons (Fsp3) is 0.154. The number of nitrogens with one attached hydrogen (secondary N) is 3. The molecule has 6 heterocycles. The molecule has 6 rings (SSSR count). The SMILES string of the molecule is CCCC(=O)Nc1cncc(-c2ccc3[nH]nc(-c4cc5c(-n6cnc(C)c6)nccc5[nH]4)c3n2)c1. The third-order valence-corrected chi connectivity index (χ3v) is 5.94. The van der Waals surface area contributed by atoms with E-state index >= 15 is 0 Å². The molecule has 0 bridgehead atoms. The second-order valence-corrected chi connectivity index (χ2v) is 8.63. The zero-order valence-electron chi connectivity index (χ0n) is 19.8. The summed E-state index contributed by atoms with van der Waals surface area (Å²) in [5.74, 6) is 0.757. The number of anilines is 1. The number of aryl methyl sites for hydroxylation is 1. The van der Waals surface area contributed by atoms with Gasteiger partial charge in [-0.15, -0.1) is 0 Å². The van der Waals surface area contributed by atoms with Crippen molar-refractivity contribution in [3.63, 3.8) is 0 Å². The monoisotopic (exact) mass is 477 g/mol. The molecule has 0 aliphatic heterocycles. The number of aromatic nitrogens is 8. The Morgan fingerprint density at radius 2 is 2.03 bits per heavy atom. The smallest absolute Gasteiger partial charge is 0.224 e. The lowest BCUT2D eigenvalue weighted by molar-refractivity contribution is -0.116. The number of aromatic amines is 2. The number of carbonyl (C=O) groups is 1. The molecule has 0 radical (unpaired) electrons. The Morgan fingerprint density at radius 3 is 2.86 bits per heavy atom. The first-order valence-electron chi connectivity index (χ1n) is 11.7. The lowest BCUT2D eigenvalue weighted by atomic mass is 10.1. The van der Waals surface area contributed by atoms with E-state index in [-0.39, 0.29) is 5.91 Å². The van der Waals surface area contributed by atoms with Gasteiger partial charge in [0.05, 0.1) is 40.0 Å². The van der Waals surface area contributed by atoms with Crippen LogP contribution in [0.4, 0.5) is 5.69 Å². The zero-order chi connectivity index (χ0) is 24.6. The first-order valence-corrected chi connectivity index (χ1v) is 11.7. The van der Waals surface area contributed by atoms with E-state index in [2.05, 4.69) is 35.5 Å². The number of amides is 1. The summed E-state index contributed by atoms with van der Waals surface area (Å²) >= 11 is 0. The molecule has 3 N–H and O–H groups in total. The minimum absolute atomic E-state index is 0.0319. The van der Waals surface area contributed by atoms with E-state index in [1.165, 1.54) is 0 Å². The van der Waals surface area contributed by atoms with E-state index in [1.54, 1.807) is 24.9 Å². The number of hydrogen-bond donors (Lipinski definition) is 3. The van der Waals surface area contributed by atoms with Crippen molar-refractivity contribution in [2.75, 3.05) is 5.32 Å². The summed E-state index contributed by atoms with van der Waals surface area (Å²) in [5.41, 5.74) is 7.11. The summed E-state index contributed by atoms with van der Waals surface area (Å²) in [6.07, 6.45) is 10.1. The van der Waals surface area contributed by atoms with Crippen molar-refractivity contribution in [3.05, 3.63) is 67.1 Å². The van der Waals surface area contributed by atoms with Gasteiger partial charge in [0, 0.05) is 36.0 Å². The van der Waals surface area contributed by atoms with Crippen LogP contribution in [0.3, 0.4) is 0 Å². The van der Waals surface area contributed by atoms with Crippen LogP contribution in [-0.4, -0.2) is 45.6 Å². The number of imidazole rings is 1. The number of fused-ring (bicyclic) bond motifs is 2. The Labute approximate surface area is 205 Å². The largest absolute Gasteiger partial charge is 0.353 e. The highest BCUT2D eigenvalue weighted by atomic mass is 16.1. The number of hydrogen-bond acceptors (Lipinski definition) is 6. The normalized spacial score (nSPS) is 11.4. The van der Waals surface area contributed by atoms with Crippen molar-refractivity contribution in [2.45, 2.75) is 26.7 Å². The predicted molar refractivity (Wildman–Crippen MR) is 138 cm³/mol. The van der Waals surface area contributed by atoms with Gasteiger partial charge in [-0.3, -0.25) is 19.4 Å². The van der Waals surface area contributed by atoms with Crippen LogP contribution in [0.25, 0.3) is 50.4 Å². The zero-order valence-corrected chi connectivity index (χ0v) is 19.8. The van der Waals surface area contributed by atoms with Crippen LogP contribution in [0.2, 0.25) is 0 Å². The summed E-state index contributed by atoms with van der Waals surface area (Å²) in [6, 6.07) is 9.70. The van der Waals surface area contributed by atoms with E-state index < -0.39 is 0 Å². The molecule has 0 aromatic carbocycles. The first-order chi connectivity index (χ1) is 17.6. The van der Waals surface area contributed by atoms with Crippen LogP contribution < -0.4 is 5.32 Å². The summed E-state index contributed by atoms with van der Waals surface area (Å²) in [4.78, 5) is 33.5. The Bertz CT molecular complexity index is 1730. The van der Waals surface area contributed by atoms with Gasteiger partial charge < -0.3 is 10.3 Å². The Kier molecular flexibility index (Phi) is 5.25. The summed E-state index contributed by atoms with van der Waals surface area (Å²) in [7, 11) is 0. The second kappa shape index (κ2) is 8.73. The number of H-pyrrole nitrogens is 2. The van der Waals surface area contributed by atoms with Gasteiger partial charge in [0.2, 0.25) is 5.91 Å². The summed E-state index contributed by atoms with van der Waals surface area (Å²) in [5, 5.41) is 11.5. The van der Waals surface area contributed by atoms with Gasteiger partial charge in [-0.1, -0.05) is 6.92 Å². The Morgan fingerprint density at radius 1 is 1.11 bits per heavy atom. The van der Waals surface area contributed by atoms with Gasteiger partial charge in [-0.2, -0.15) is 5.10 Å². The van der Waals surface area contributed by atoms with Crippen LogP contribution in [-0.2, 0) is 4.79 Å². The lowest BCUT2D eigenvalue weighted by Gasteiger charge is -2.06. The Balaban J connectivity index is 1.40. The van der Waals surface area contributed by atoms with Crippen LogP contribution in [0.1, 0.15) is 25.5 Å². The lowest BCUT2D eigenvalue weighted by Crippen LogP contribution is -2.10. The highest BCUT2D eigenvalue weighted by Gasteiger charge is 2.16. The van der Waals surface area contributed by atoms with Gasteiger partial charge in [0.1, 0.15) is 23.4 Å². The number of nitrogens with zero attached hydrogens (tertiary/aromatic N) is 6. The van der Waals surface area contributed by atoms with E-state index in [4.69, 9.17) is 4.98 Å². The van der Waals surface area contributed by atoms with Gasteiger partial charge in [-0.05, 0) is 43.7 Å². The van der Waals surface area contributed by atoms with Crippen molar-refractivity contribution < 1.29 is 4.79 Å². The van der Waals surface area contributed by atoms with Gasteiger partial charge in [-0.25, -0.2) is 15.0 Å². The quantitative estimate of drug-likeness (QED) is 0.316. The van der Waals surface area contributed by atoms with E-state index in [0.29, 0.717) is 17.8 Å². The fourth-order valence-corrected chi connectivity index (χ4v) is 4.26. The standard InChI is InChI=1S/C26H23N9O/c1-3-4-23(36)30-17-9-16(11-27-12-17)19-5-6-21-24(32-19)25(34-33-21)22-10-18-20(31-22)7-8-28-26(18)35-13-15(2)29-14-35/h5-14,31H,3-4H2,1-2H3,(H,30,36)(H,33,34). The average Bonchev–Trinajstić information content (AvgIpc) is 3.61. The predicted octanol–water partition coefficient (Wildman–Crippen LogP) is 4.80. The van der Waals surface area contributed by atoms with E-state index in [9.17, 15) is 4.79 Å². The van der Waals surface area contributed by atoms with Crippen molar-refractivity contribution in [1.29, 1.82) is 0 Å². The molecular formula is C26H23N9O. The topological polar surface area (TPSA) is 130 Å². The molecule has 0 fully saturated rings. The molecule has 0 saturated heterocycles. The molecule has 0 unspecified atom stereocenters. The molecule has 0 atom stereocenters. The van der Waals surface area contributed by atoms with Crippen LogP contribution in [0, 0.1) is 6.92 Å². The molecule has 0 spiro atoms. The highest BCUT2D eigenvalue weighted by Crippen LogP contribution is 2.31. The molecule has 0 saturated carbocycles. The summed E-state index contributed by atoms with van der Waals surface area (Å²) in [6.45, 7) is 3.92. The van der Waals surface area contributed by atoms with Crippen molar-refractivity contribution in [2.24, 2.45) is 0 Å². The van der Waals surface area contributed by atoms with Crippen molar-refractivity contribution in [3.8, 4) is 28.5 Å². The summed E-state index contributed by atoms with van der Waals surface area (Å²) < 4.78 is 1.91. The minimum Gasteiger partial charge on any atom is -0.353 e. The molecule has 6 aromatic heterocycles. The minimum atomic E-state index is -0.0319. The van der Waals surface area contributed by atoms with E-state index in [1.807, 2.05) is 54.9 Å². The molecule has 0 aliphatic rings. The maximum absolute atomic E-state index is 12.0. The van der Waals surface area contributed by atoms with Crippen LogP contribution in [0.15, 0.2) is 61.4 Å². The third kappa shape index (κ3) is 3.88. The number of carbonyl (C=O) groups excluding carboxylic acids is 1. The molecule has 10 nitrogen and oxygen atoms in total. The second-order valence-electron chi connectivity index (χ2n) is 8.63. The maximum Gasteiger partial charge on any atom is 0.224 e. The Hall–Kier alpha value is -4.86. The molecule has 178 valence electrons. The first kappa shape index (κ1) is 21.7. The van der Waals surface area contributed by atoms with Crippen molar-refractivity contribution in [1.82, 2.24) is 39.7 Å². The van der Waals surface area contributed by atoms with Crippen LogP contribution in [0.5, 0.6) is 0 Å². The molecule has 6 aromatic rings. The van der Waals surface area contributed by atoms with Crippen molar-refractivity contribution >= 4 is 33.5 Å². The van der Waals surface area contributed by atoms with Crippen LogP contribution >= 0.6 is 0 Å². The number of rotatable bonds is 6. The fourth-order valence-electron chi connectivity index (χ4n) is 4.26. The molecule has 10 heteroatoms. The number of pyridine rings is 3. The maximum atomic E-state index is 12.0. The third-order valence-electron chi connectivity index (χ3n) is 5.94. The van der Waals surface area contributed by atoms with Gasteiger partial charge >= 0.3 is 0 Å². The average molecular weight is 478 g/mol. The molecule has 36 heavy (non-hydrogen) atoms. The van der Waals surface area contributed by atoms with Gasteiger partial charge in [0.25, 0.3) is 0 Å². The molecular weight excluding hydrogens is 454 g/mol. The molecule has 1 amide bonds.